The van der Waals surface area contributed by atoms with Crippen LogP contribution in [0.1, 0.15) is 18.4 Å². The van der Waals surface area contributed by atoms with Crippen LogP contribution in [0.25, 0.3) is 11.3 Å². The lowest BCUT2D eigenvalue weighted by atomic mass is 10.2. The molecule has 25 heavy (non-hydrogen) atoms. The zero-order chi connectivity index (χ0) is 16.6. The van der Waals surface area contributed by atoms with Crippen LogP contribution in [0.4, 0.5) is 0 Å². The minimum atomic E-state index is 0. The van der Waals surface area contributed by atoms with Gasteiger partial charge in [-0.2, -0.15) is 0 Å². The van der Waals surface area contributed by atoms with E-state index < -0.39 is 0 Å². The van der Waals surface area contributed by atoms with Crippen molar-refractivity contribution >= 4 is 29.9 Å². The summed E-state index contributed by atoms with van der Waals surface area (Å²) >= 11 is 0. The summed E-state index contributed by atoms with van der Waals surface area (Å²) < 4.78 is 10.7. The lowest BCUT2D eigenvalue weighted by molar-refractivity contribution is 0.424. The Morgan fingerprint density at radius 1 is 1.12 bits per heavy atom. The zero-order valence-corrected chi connectivity index (χ0v) is 16.3. The summed E-state index contributed by atoms with van der Waals surface area (Å²) in [5, 5.41) is 10.5. The van der Waals surface area contributed by atoms with Gasteiger partial charge in [0.2, 0.25) is 0 Å². The third kappa shape index (κ3) is 5.63. The molecule has 1 aromatic carbocycles. The van der Waals surface area contributed by atoms with Crippen molar-refractivity contribution in [2.24, 2.45) is 4.99 Å². The number of furan rings is 1. The molecule has 0 aliphatic heterocycles. The Balaban J connectivity index is 0.00000225. The van der Waals surface area contributed by atoms with E-state index >= 15 is 0 Å². The Kier molecular flexibility index (Phi) is 7.52. The number of hydrogen-bond donors (Lipinski definition) is 2. The summed E-state index contributed by atoms with van der Waals surface area (Å²) in [5.74, 6) is 2.31. The van der Waals surface area contributed by atoms with Crippen LogP contribution in [-0.2, 0) is 13.1 Å². The van der Waals surface area contributed by atoms with Crippen LogP contribution < -0.4 is 10.6 Å². The fourth-order valence-electron chi connectivity index (χ4n) is 2.21. The second-order valence-electron chi connectivity index (χ2n) is 5.18. The molecule has 0 radical (unpaired) electrons. The van der Waals surface area contributed by atoms with Crippen molar-refractivity contribution < 1.29 is 8.94 Å². The Morgan fingerprint density at radius 2 is 1.96 bits per heavy atom. The Morgan fingerprint density at radius 3 is 2.68 bits per heavy atom. The molecule has 0 unspecified atom stereocenters. The third-order valence-electron chi connectivity index (χ3n) is 3.37. The first-order valence-corrected chi connectivity index (χ1v) is 7.90. The Hall–Kier alpha value is -2.29. The van der Waals surface area contributed by atoms with E-state index in [1.54, 1.807) is 6.26 Å². The van der Waals surface area contributed by atoms with Crippen LogP contribution in [-0.4, -0.2) is 17.7 Å². The van der Waals surface area contributed by atoms with E-state index in [0.717, 1.165) is 29.3 Å². The SMILES string of the molecule is CCNC(=NCc1cc(-c2ccccc2)on1)NCc1ccco1.I. The van der Waals surface area contributed by atoms with Gasteiger partial charge in [-0.15, -0.1) is 24.0 Å². The quantitative estimate of drug-likeness (QED) is 0.338. The molecular formula is C18H21IN4O2. The number of rotatable bonds is 6. The molecule has 2 heterocycles. The van der Waals surface area contributed by atoms with Crippen molar-refractivity contribution in [1.29, 1.82) is 0 Å². The normalized spacial score (nSPS) is 11.0. The fraction of sp³-hybridized carbons (Fsp3) is 0.222. The highest BCUT2D eigenvalue weighted by Gasteiger charge is 2.06. The number of nitrogens with one attached hydrogen (secondary N) is 2. The zero-order valence-electron chi connectivity index (χ0n) is 13.9. The van der Waals surface area contributed by atoms with Gasteiger partial charge in [-0.25, -0.2) is 4.99 Å². The second-order valence-corrected chi connectivity index (χ2v) is 5.18. The molecule has 0 aliphatic carbocycles. The third-order valence-corrected chi connectivity index (χ3v) is 3.37. The number of guanidine groups is 1. The standard InChI is InChI=1S/C18H20N4O2.HI/c1-2-19-18(21-13-16-9-6-10-23-16)20-12-15-11-17(24-22-15)14-7-4-3-5-8-14;/h3-11H,2,12-13H2,1H3,(H2,19,20,21);1H. The smallest absolute Gasteiger partial charge is 0.192 e. The molecular weight excluding hydrogens is 431 g/mol. The van der Waals surface area contributed by atoms with Crippen LogP contribution in [0, 0.1) is 0 Å². The average molecular weight is 452 g/mol. The van der Waals surface area contributed by atoms with Gasteiger partial charge < -0.3 is 19.6 Å². The first-order chi connectivity index (χ1) is 11.8. The summed E-state index contributed by atoms with van der Waals surface area (Å²) in [6.07, 6.45) is 1.65. The summed E-state index contributed by atoms with van der Waals surface area (Å²) in [7, 11) is 0. The molecule has 0 bridgehead atoms. The van der Waals surface area contributed by atoms with Crippen molar-refractivity contribution in [2.75, 3.05) is 6.54 Å². The molecule has 6 nitrogen and oxygen atoms in total. The molecule has 2 aromatic heterocycles. The maximum absolute atomic E-state index is 5.39. The summed E-state index contributed by atoms with van der Waals surface area (Å²) in [5.41, 5.74) is 1.78. The van der Waals surface area contributed by atoms with Crippen molar-refractivity contribution in [3.8, 4) is 11.3 Å². The maximum Gasteiger partial charge on any atom is 0.192 e. The van der Waals surface area contributed by atoms with Crippen molar-refractivity contribution in [3.05, 3.63) is 66.2 Å². The molecule has 0 atom stereocenters. The molecule has 7 heteroatoms. The summed E-state index contributed by atoms with van der Waals surface area (Å²) in [4.78, 5) is 4.52. The largest absolute Gasteiger partial charge is 0.467 e. The lowest BCUT2D eigenvalue weighted by Crippen LogP contribution is -2.36. The van der Waals surface area contributed by atoms with Gasteiger partial charge in [-0.05, 0) is 19.1 Å². The summed E-state index contributed by atoms with van der Waals surface area (Å²) in [6, 6.07) is 15.6. The molecule has 0 spiro atoms. The first-order valence-electron chi connectivity index (χ1n) is 7.90. The van der Waals surface area contributed by atoms with Gasteiger partial charge in [0, 0.05) is 18.2 Å². The second kappa shape index (κ2) is 9.87. The molecule has 3 rings (SSSR count). The van der Waals surface area contributed by atoms with Crippen LogP contribution in [0.3, 0.4) is 0 Å². The Bertz CT molecular complexity index is 769. The van der Waals surface area contributed by atoms with Gasteiger partial charge in [0.05, 0.1) is 19.4 Å². The predicted octanol–water partition coefficient (Wildman–Crippen LogP) is 3.81. The highest BCUT2D eigenvalue weighted by Crippen LogP contribution is 2.19. The minimum absolute atomic E-state index is 0. The van der Waals surface area contributed by atoms with Gasteiger partial charge in [0.15, 0.2) is 11.7 Å². The maximum atomic E-state index is 5.39. The van der Waals surface area contributed by atoms with Gasteiger partial charge in [0.25, 0.3) is 0 Å². The number of halogens is 1. The van der Waals surface area contributed by atoms with Gasteiger partial charge >= 0.3 is 0 Å². The molecule has 0 aliphatic rings. The van der Waals surface area contributed by atoms with E-state index in [1.807, 2.05) is 55.5 Å². The molecule has 0 saturated carbocycles. The van der Waals surface area contributed by atoms with Gasteiger partial charge in [0.1, 0.15) is 11.5 Å². The fourth-order valence-corrected chi connectivity index (χ4v) is 2.21. The van der Waals surface area contributed by atoms with Gasteiger partial charge in [-0.3, -0.25) is 0 Å². The molecule has 0 fully saturated rings. The predicted molar refractivity (Wildman–Crippen MR) is 108 cm³/mol. The van der Waals surface area contributed by atoms with Crippen molar-refractivity contribution in [2.45, 2.75) is 20.0 Å². The van der Waals surface area contributed by atoms with E-state index in [2.05, 4.69) is 20.8 Å². The molecule has 0 amide bonds. The van der Waals surface area contributed by atoms with Crippen molar-refractivity contribution in [3.63, 3.8) is 0 Å². The Labute approximate surface area is 163 Å². The number of hydrogen-bond acceptors (Lipinski definition) is 4. The van der Waals surface area contributed by atoms with E-state index in [0.29, 0.717) is 19.0 Å². The number of benzene rings is 1. The number of aliphatic imine (C=N–C) groups is 1. The van der Waals surface area contributed by atoms with Gasteiger partial charge in [-0.1, -0.05) is 35.5 Å². The van der Waals surface area contributed by atoms with Crippen LogP contribution in [0.5, 0.6) is 0 Å². The monoisotopic (exact) mass is 452 g/mol. The molecule has 0 saturated heterocycles. The molecule has 3 aromatic rings. The molecule has 2 N–H and O–H groups in total. The minimum Gasteiger partial charge on any atom is -0.467 e. The highest BCUT2D eigenvalue weighted by molar-refractivity contribution is 14.0. The number of aromatic nitrogens is 1. The van der Waals surface area contributed by atoms with Crippen LogP contribution in [0.15, 0.2) is 68.7 Å². The van der Waals surface area contributed by atoms with E-state index in [1.165, 1.54) is 0 Å². The van der Waals surface area contributed by atoms with E-state index in [4.69, 9.17) is 8.94 Å². The average Bonchev–Trinajstić information content (AvgIpc) is 3.30. The molecule has 132 valence electrons. The van der Waals surface area contributed by atoms with Crippen molar-refractivity contribution in [1.82, 2.24) is 15.8 Å². The lowest BCUT2D eigenvalue weighted by Gasteiger charge is -2.09. The first kappa shape index (κ1) is 19.0. The topological polar surface area (TPSA) is 75.6 Å². The number of nitrogens with zero attached hydrogens (tertiary/aromatic N) is 2. The van der Waals surface area contributed by atoms with Crippen LogP contribution in [0.2, 0.25) is 0 Å². The van der Waals surface area contributed by atoms with E-state index in [9.17, 15) is 0 Å². The summed E-state index contributed by atoms with van der Waals surface area (Å²) in [6.45, 7) is 3.81. The van der Waals surface area contributed by atoms with E-state index in [-0.39, 0.29) is 24.0 Å². The highest BCUT2D eigenvalue weighted by atomic mass is 127. The van der Waals surface area contributed by atoms with Crippen LogP contribution >= 0.6 is 24.0 Å².